The highest BCUT2D eigenvalue weighted by molar-refractivity contribution is 5.39. The van der Waals surface area contributed by atoms with Crippen LogP contribution in [0, 0.1) is 10.1 Å². The normalized spacial score (nSPS) is 15.0. The summed E-state index contributed by atoms with van der Waals surface area (Å²) >= 11 is 0. The van der Waals surface area contributed by atoms with Crippen LogP contribution < -0.4 is 4.74 Å². The molecule has 1 aliphatic rings. The van der Waals surface area contributed by atoms with Crippen LogP contribution in [0.1, 0.15) is 6.42 Å². The molecule has 2 heterocycles. The molecule has 0 unspecified atom stereocenters. The first-order chi connectivity index (χ1) is 5.79. The Hall–Kier alpha value is -1.59. The summed E-state index contributed by atoms with van der Waals surface area (Å²) in [5.74, 6) is 0.284. The van der Waals surface area contributed by atoms with Gasteiger partial charge in [0.1, 0.15) is 6.20 Å². The van der Waals surface area contributed by atoms with E-state index in [4.69, 9.17) is 4.74 Å². The monoisotopic (exact) mass is 169 g/mol. The van der Waals surface area contributed by atoms with Gasteiger partial charge in [0.05, 0.1) is 11.5 Å². The molecular weight excluding hydrogens is 162 g/mol. The smallest absolute Gasteiger partial charge is 0.350 e. The van der Waals surface area contributed by atoms with Crippen molar-refractivity contribution in [1.29, 1.82) is 0 Å². The number of nitrogens with zero attached hydrogens (tertiary/aromatic N) is 3. The molecule has 0 atom stereocenters. The second-order valence-electron chi connectivity index (χ2n) is 2.52. The van der Waals surface area contributed by atoms with Crippen molar-refractivity contribution in [2.75, 3.05) is 6.61 Å². The van der Waals surface area contributed by atoms with Crippen molar-refractivity contribution in [2.24, 2.45) is 0 Å². The summed E-state index contributed by atoms with van der Waals surface area (Å²) in [7, 11) is 0. The third kappa shape index (κ3) is 0.919. The van der Waals surface area contributed by atoms with E-state index in [2.05, 4.69) is 5.10 Å². The first-order valence-electron chi connectivity index (χ1n) is 3.62. The molecule has 0 radical (unpaired) electrons. The summed E-state index contributed by atoms with van der Waals surface area (Å²) in [4.78, 5) is 9.92. The Morgan fingerprint density at radius 1 is 1.75 bits per heavy atom. The topological polar surface area (TPSA) is 70.2 Å². The summed E-state index contributed by atoms with van der Waals surface area (Å²) in [6.07, 6.45) is 2.08. The van der Waals surface area contributed by atoms with E-state index in [0.29, 0.717) is 13.2 Å². The molecule has 2 rings (SSSR count). The minimum absolute atomic E-state index is 0.0466. The van der Waals surface area contributed by atoms with E-state index in [1.807, 2.05) is 0 Å². The fraction of sp³-hybridized carbons (Fsp3) is 0.500. The quantitative estimate of drug-likeness (QED) is 0.455. The minimum atomic E-state index is -0.482. The number of aromatic nitrogens is 2. The molecule has 6 nitrogen and oxygen atoms in total. The average molecular weight is 169 g/mol. The van der Waals surface area contributed by atoms with E-state index in [1.54, 1.807) is 0 Å². The number of hydrogen-bond acceptors (Lipinski definition) is 4. The van der Waals surface area contributed by atoms with Crippen LogP contribution in [0.2, 0.25) is 0 Å². The summed E-state index contributed by atoms with van der Waals surface area (Å²) in [6, 6.07) is 0. The van der Waals surface area contributed by atoms with Crippen LogP contribution in [0.15, 0.2) is 6.20 Å². The van der Waals surface area contributed by atoms with Gasteiger partial charge < -0.3 is 4.74 Å². The summed E-state index contributed by atoms with van der Waals surface area (Å²) < 4.78 is 6.63. The van der Waals surface area contributed by atoms with Gasteiger partial charge in [0.15, 0.2) is 0 Å². The molecule has 1 aromatic rings. The second-order valence-corrected chi connectivity index (χ2v) is 2.52. The fourth-order valence-corrected chi connectivity index (χ4v) is 1.18. The summed E-state index contributed by atoms with van der Waals surface area (Å²) in [5, 5.41) is 14.2. The van der Waals surface area contributed by atoms with Crippen molar-refractivity contribution in [3.63, 3.8) is 0 Å². The average Bonchev–Trinajstić information content (AvgIpc) is 2.47. The van der Waals surface area contributed by atoms with E-state index in [9.17, 15) is 10.1 Å². The van der Waals surface area contributed by atoms with Crippen LogP contribution >= 0.6 is 0 Å². The third-order valence-electron chi connectivity index (χ3n) is 1.72. The fourth-order valence-electron chi connectivity index (χ4n) is 1.18. The molecule has 1 aromatic heterocycles. The van der Waals surface area contributed by atoms with Crippen molar-refractivity contribution in [3.8, 4) is 5.88 Å². The molecule has 0 aliphatic carbocycles. The number of rotatable bonds is 1. The number of aryl methyl sites for hydroxylation is 1. The Morgan fingerprint density at radius 2 is 2.58 bits per heavy atom. The molecule has 0 saturated heterocycles. The molecule has 0 N–H and O–H groups in total. The molecule has 0 bridgehead atoms. The molecule has 64 valence electrons. The SMILES string of the molecule is O=[N+]([O-])c1cnn2c1OCCC2. The highest BCUT2D eigenvalue weighted by Gasteiger charge is 2.24. The van der Waals surface area contributed by atoms with E-state index < -0.39 is 4.92 Å². The Bertz CT molecular complexity index is 320. The van der Waals surface area contributed by atoms with Gasteiger partial charge in [0.25, 0.3) is 5.88 Å². The summed E-state index contributed by atoms with van der Waals surface area (Å²) in [5.41, 5.74) is -0.0466. The van der Waals surface area contributed by atoms with Gasteiger partial charge in [-0.2, -0.15) is 5.10 Å². The Balaban J connectivity index is 2.44. The number of hydrogen-bond donors (Lipinski definition) is 0. The van der Waals surface area contributed by atoms with Crippen molar-refractivity contribution in [1.82, 2.24) is 9.78 Å². The standard InChI is InChI=1S/C6H7N3O3/c10-9(11)5-4-7-8-2-1-3-12-6(5)8/h4H,1-3H2. The predicted molar refractivity (Wildman–Crippen MR) is 39.0 cm³/mol. The molecule has 0 saturated carbocycles. The van der Waals surface area contributed by atoms with Gasteiger partial charge in [0, 0.05) is 13.0 Å². The highest BCUT2D eigenvalue weighted by Crippen LogP contribution is 2.28. The molecule has 0 fully saturated rings. The van der Waals surface area contributed by atoms with E-state index in [0.717, 1.165) is 6.42 Å². The Kier molecular flexibility index (Phi) is 1.46. The van der Waals surface area contributed by atoms with Crippen molar-refractivity contribution < 1.29 is 9.66 Å². The molecule has 1 aliphatic heterocycles. The Labute approximate surface area is 67.9 Å². The molecule has 0 spiro atoms. The number of fused-ring (bicyclic) bond motifs is 1. The first-order valence-corrected chi connectivity index (χ1v) is 3.62. The van der Waals surface area contributed by atoms with Gasteiger partial charge in [0.2, 0.25) is 0 Å². The van der Waals surface area contributed by atoms with Crippen molar-refractivity contribution >= 4 is 5.69 Å². The van der Waals surface area contributed by atoms with E-state index in [-0.39, 0.29) is 11.6 Å². The largest absolute Gasteiger partial charge is 0.473 e. The van der Waals surface area contributed by atoms with Crippen LogP contribution in [0.25, 0.3) is 0 Å². The van der Waals surface area contributed by atoms with Crippen LogP contribution in [-0.2, 0) is 6.54 Å². The maximum atomic E-state index is 10.4. The zero-order chi connectivity index (χ0) is 8.55. The van der Waals surface area contributed by atoms with Crippen LogP contribution in [0.3, 0.4) is 0 Å². The first kappa shape index (κ1) is 7.08. The van der Waals surface area contributed by atoms with Crippen molar-refractivity contribution in [2.45, 2.75) is 13.0 Å². The van der Waals surface area contributed by atoms with Gasteiger partial charge in [-0.1, -0.05) is 0 Å². The lowest BCUT2D eigenvalue weighted by Gasteiger charge is -2.13. The second kappa shape index (κ2) is 2.47. The van der Waals surface area contributed by atoms with Gasteiger partial charge in [-0.05, 0) is 0 Å². The lowest BCUT2D eigenvalue weighted by molar-refractivity contribution is -0.386. The number of ether oxygens (including phenoxy) is 1. The third-order valence-corrected chi connectivity index (χ3v) is 1.72. The van der Waals surface area contributed by atoms with Crippen LogP contribution in [-0.4, -0.2) is 21.3 Å². The van der Waals surface area contributed by atoms with E-state index >= 15 is 0 Å². The van der Waals surface area contributed by atoms with E-state index in [1.165, 1.54) is 10.9 Å². The minimum Gasteiger partial charge on any atom is -0.473 e. The molecule has 0 amide bonds. The maximum absolute atomic E-state index is 10.4. The summed E-state index contributed by atoms with van der Waals surface area (Å²) in [6.45, 7) is 1.23. The molecular formula is C6H7N3O3. The zero-order valence-electron chi connectivity index (χ0n) is 6.27. The predicted octanol–water partition coefficient (Wildman–Crippen LogP) is 0.574. The van der Waals surface area contributed by atoms with Gasteiger partial charge in [-0.25, -0.2) is 4.68 Å². The maximum Gasteiger partial charge on any atom is 0.350 e. The highest BCUT2D eigenvalue weighted by atomic mass is 16.6. The lowest BCUT2D eigenvalue weighted by atomic mass is 10.4. The number of nitro groups is 1. The van der Waals surface area contributed by atoms with Gasteiger partial charge in [-0.15, -0.1) is 0 Å². The van der Waals surface area contributed by atoms with Crippen molar-refractivity contribution in [3.05, 3.63) is 16.3 Å². The van der Waals surface area contributed by atoms with Gasteiger partial charge >= 0.3 is 5.69 Å². The lowest BCUT2D eigenvalue weighted by Crippen LogP contribution is -2.15. The zero-order valence-corrected chi connectivity index (χ0v) is 6.27. The molecule has 6 heteroatoms. The molecule has 12 heavy (non-hydrogen) atoms. The molecule has 0 aromatic carbocycles. The Morgan fingerprint density at radius 3 is 3.33 bits per heavy atom. The van der Waals surface area contributed by atoms with Crippen LogP contribution in [0.5, 0.6) is 5.88 Å². The van der Waals surface area contributed by atoms with Crippen LogP contribution in [0.4, 0.5) is 5.69 Å². The van der Waals surface area contributed by atoms with Gasteiger partial charge in [-0.3, -0.25) is 10.1 Å².